The number of ether oxygens (including phenoxy) is 2. The van der Waals surface area contributed by atoms with E-state index in [1.165, 1.54) is 0 Å². The lowest BCUT2D eigenvalue weighted by molar-refractivity contribution is -0.0500. The Labute approximate surface area is 217 Å². The van der Waals surface area contributed by atoms with Gasteiger partial charge >= 0.3 is 23.5 Å². The maximum atomic E-state index is 12.3. The summed E-state index contributed by atoms with van der Waals surface area (Å²) in [6.07, 6.45) is -8.61. The maximum Gasteiger partial charge on any atom is 0.481 e. The number of nitrogens with two attached hydrogens (primary N) is 1. The van der Waals surface area contributed by atoms with Gasteiger partial charge in [-0.1, -0.05) is 0 Å². The fourth-order valence-corrected chi connectivity index (χ4v) is 6.37. The van der Waals surface area contributed by atoms with Gasteiger partial charge in [-0.3, -0.25) is 18.1 Å². The second kappa shape index (κ2) is 11.4. The van der Waals surface area contributed by atoms with E-state index in [1.807, 2.05) is 0 Å². The topological polar surface area (TPSA) is 318 Å². The highest BCUT2D eigenvalue weighted by atomic mass is 31.3. The zero-order chi connectivity index (χ0) is 28.8. The summed E-state index contributed by atoms with van der Waals surface area (Å²) in [6.45, 7) is -2.10. The average Bonchev–Trinajstić information content (AvgIpc) is 3.47. The van der Waals surface area contributed by atoms with E-state index >= 15 is 0 Å². The van der Waals surface area contributed by atoms with E-state index in [1.54, 1.807) is 0 Å². The number of imidazole rings is 1. The zero-order valence-electron chi connectivity index (χ0n) is 19.3. The Kier molecular flexibility index (Phi) is 8.92. The monoisotopic (exact) mass is 623 g/mol. The molecule has 2 aromatic heterocycles. The van der Waals surface area contributed by atoms with Crippen LogP contribution >= 0.6 is 23.5 Å². The van der Waals surface area contributed by atoms with Crippen LogP contribution < -0.4 is 5.73 Å². The van der Waals surface area contributed by atoms with Gasteiger partial charge in [-0.25, -0.2) is 28.6 Å². The molecule has 2 unspecified atom stereocenters. The highest BCUT2D eigenvalue weighted by Crippen LogP contribution is 2.60. The molecule has 4 rings (SSSR count). The van der Waals surface area contributed by atoms with Gasteiger partial charge in [-0.15, -0.1) is 0 Å². The number of aromatic nitrogens is 4. The summed E-state index contributed by atoms with van der Waals surface area (Å²) in [6, 6.07) is 0. The van der Waals surface area contributed by atoms with Crippen LogP contribution in [0.4, 0.5) is 5.82 Å². The van der Waals surface area contributed by atoms with Crippen molar-refractivity contribution in [1.29, 1.82) is 0 Å². The number of phosphoric acid groups is 3. The quantitative estimate of drug-likeness (QED) is 0.120. The number of nitrogens with zero attached hydrogens (tertiary/aromatic N) is 4. The third kappa shape index (κ3) is 7.24. The van der Waals surface area contributed by atoms with Gasteiger partial charge < -0.3 is 50.1 Å². The molecule has 2 fully saturated rings. The Balaban J connectivity index is 1.43. The molecule has 220 valence electrons. The van der Waals surface area contributed by atoms with Crippen LogP contribution in [0, 0.1) is 0 Å². The van der Waals surface area contributed by atoms with Gasteiger partial charge in [0.15, 0.2) is 17.7 Å². The summed E-state index contributed by atoms with van der Waals surface area (Å²) in [7, 11) is -15.9. The Morgan fingerprint density at radius 1 is 0.974 bits per heavy atom. The van der Waals surface area contributed by atoms with Gasteiger partial charge in [0.05, 0.1) is 26.1 Å². The molecule has 0 radical (unpaired) electrons. The van der Waals surface area contributed by atoms with Crippen LogP contribution in [0.15, 0.2) is 12.7 Å². The molecule has 0 aliphatic carbocycles. The maximum absolute atomic E-state index is 12.3. The van der Waals surface area contributed by atoms with E-state index < -0.39 is 79.5 Å². The molecule has 39 heavy (non-hydrogen) atoms. The Hall–Kier alpha value is -1.48. The lowest BCUT2D eigenvalue weighted by Gasteiger charge is -2.22. The molecule has 24 heteroatoms. The van der Waals surface area contributed by atoms with Crippen molar-refractivity contribution >= 4 is 40.4 Å². The Bertz CT molecular complexity index is 1320. The van der Waals surface area contributed by atoms with Crippen LogP contribution in [0.25, 0.3) is 11.2 Å². The number of hydrogen-bond acceptors (Lipinski definition) is 16. The number of aliphatic hydroxyl groups excluding tert-OH is 3. The molecule has 0 amide bonds. The number of nitrogen functional groups attached to an aromatic ring is 1. The van der Waals surface area contributed by atoms with Crippen molar-refractivity contribution in [2.24, 2.45) is 0 Å². The molecule has 21 nitrogen and oxygen atoms in total. The summed E-state index contributed by atoms with van der Waals surface area (Å²) in [5, 5.41) is 29.7. The molecular formula is C15H24N5O16P3. The van der Waals surface area contributed by atoms with Crippen molar-refractivity contribution in [3.63, 3.8) is 0 Å². The predicted octanol–water partition coefficient (Wildman–Crippen LogP) is -2.48. The molecule has 0 spiro atoms. The number of phosphoric ester groups is 3. The summed E-state index contributed by atoms with van der Waals surface area (Å²) < 4.78 is 65.4. The van der Waals surface area contributed by atoms with Crippen molar-refractivity contribution in [1.82, 2.24) is 19.5 Å². The molecule has 2 aliphatic heterocycles. The van der Waals surface area contributed by atoms with Crippen molar-refractivity contribution in [2.45, 2.75) is 42.9 Å². The Morgan fingerprint density at radius 3 is 2.21 bits per heavy atom. The number of hydrogen-bond donors (Lipinski definition) is 8. The second-order valence-electron chi connectivity index (χ2n) is 8.24. The molecule has 0 bridgehead atoms. The van der Waals surface area contributed by atoms with Crippen LogP contribution in [-0.4, -0.2) is 111 Å². The fraction of sp³-hybridized carbons (Fsp3) is 0.667. The lowest BCUT2D eigenvalue weighted by atomic mass is 10.1. The molecule has 2 aromatic rings. The minimum absolute atomic E-state index is 0.0268. The standard InChI is InChI=1S/C15H24N5O16P3/c16-13-9-14(18-4-17-13)20(5-19-9)15-12(35-37(24,25)26)11(23)8(34-15)3-33-39(29,30)36-38(27,28)32-2-7-10(22)6(21)1-31-7/h4-8,10-12,15,21-23H,1-3H2,(H,27,28)(H,29,30)(H2,16,17,18)(H2,24,25,26)/t6-,7+,8+,10-,11+,12+,15+/m0/s1. The lowest BCUT2D eigenvalue weighted by Crippen LogP contribution is -2.35. The third-order valence-corrected chi connectivity index (χ3v) is 8.62. The first kappa shape index (κ1) is 30.5. The highest BCUT2D eigenvalue weighted by molar-refractivity contribution is 7.61. The van der Waals surface area contributed by atoms with E-state index in [0.717, 1.165) is 17.2 Å². The molecule has 9 N–H and O–H groups in total. The summed E-state index contributed by atoms with van der Waals surface area (Å²) in [5.74, 6) is -0.0381. The summed E-state index contributed by atoms with van der Waals surface area (Å²) in [4.78, 5) is 49.9. The molecule has 2 aliphatic rings. The number of rotatable bonds is 11. The molecule has 2 saturated heterocycles. The SMILES string of the molecule is Nc1ncnc2c1ncn2[C@@H]1O[C@H](COP(=O)(O)OP(=O)(O)OC[C@H]2OC[C@H](O)[C@@H]2O)[C@@H](O)[C@H]1OP(=O)(O)O. The molecule has 0 saturated carbocycles. The van der Waals surface area contributed by atoms with Gasteiger partial charge in [0.25, 0.3) is 0 Å². The van der Waals surface area contributed by atoms with Crippen molar-refractivity contribution < 1.29 is 75.9 Å². The first-order valence-electron chi connectivity index (χ1n) is 10.7. The van der Waals surface area contributed by atoms with Gasteiger partial charge in [0.2, 0.25) is 0 Å². The molecule has 0 aromatic carbocycles. The van der Waals surface area contributed by atoms with Gasteiger partial charge in [0.1, 0.15) is 48.5 Å². The number of anilines is 1. The van der Waals surface area contributed by atoms with Crippen molar-refractivity contribution in [2.75, 3.05) is 25.6 Å². The normalized spacial score (nSPS) is 32.8. The van der Waals surface area contributed by atoms with Crippen molar-refractivity contribution in [3.05, 3.63) is 12.7 Å². The zero-order valence-corrected chi connectivity index (χ0v) is 22.0. The first-order valence-corrected chi connectivity index (χ1v) is 15.2. The van der Waals surface area contributed by atoms with E-state index in [4.69, 9.17) is 15.2 Å². The van der Waals surface area contributed by atoms with Crippen molar-refractivity contribution in [3.8, 4) is 0 Å². The number of aliphatic hydroxyl groups is 3. The van der Waals surface area contributed by atoms with Crippen LogP contribution in [0.5, 0.6) is 0 Å². The van der Waals surface area contributed by atoms with Crippen LogP contribution in [0.3, 0.4) is 0 Å². The van der Waals surface area contributed by atoms with Gasteiger partial charge in [0, 0.05) is 0 Å². The Morgan fingerprint density at radius 2 is 1.62 bits per heavy atom. The first-order chi connectivity index (χ1) is 18.1. The highest BCUT2D eigenvalue weighted by Gasteiger charge is 2.50. The van der Waals surface area contributed by atoms with Crippen LogP contribution in [-0.2, 0) is 41.1 Å². The van der Waals surface area contributed by atoms with Gasteiger partial charge in [-0.2, -0.15) is 4.31 Å². The molecular weight excluding hydrogens is 599 g/mol. The van der Waals surface area contributed by atoms with Crippen LogP contribution in [0.1, 0.15) is 6.23 Å². The average molecular weight is 623 g/mol. The smallest absolute Gasteiger partial charge is 0.388 e. The molecule has 4 heterocycles. The molecule has 9 atom stereocenters. The summed E-state index contributed by atoms with van der Waals surface area (Å²) >= 11 is 0. The van der Waals surface area contributed by atoms with Gasteiger partial charge in [-0.05, 0) is 0 Å². The summed E-state index contributed by atoms with van der Waals surface area (Å²) in [5.41, 5.74) is 5.84. The third-order valence-electron chi connectivity index (χ3n) is 5.50. The second-order valence-corrected chi connectivity index (χ2v) is 12.5. The number of fused-ring (bicyclic) bond motifs is 1. The largest absolute Gasteiger partial charge is 0.481 e. The van der Waals surface area contributed by atoms with Crippen LogP contribution in [0.2, 0.25) is 0 Å². The van der Waals surface area contributed by atoms with E-state index in [0.29, 0.717) is 0 Å². The van der Waals surface area contributed by atoms with E-state index in [-0.39, 0.29) is 23.6 Å². The minimum atomic E-state index is -5.40. The predicted molar refractivity (Wildman–Crippen MR) is 121 cm³/mol. The minimum Gasteiger partial charge on any atom is -0.388 e. The fourth-order valence-electron chi connectivity index (χ4n) is 3.73. The van der Waals surface area contributed by atoms with E-state index in [9.17, 15) is 48.6 Å². The van der Waals surface area contributed by atoms with E-state index in [2.05, 4.69) is 32.8 Å².